The first kappa shape index (κ1) is 7.79. The Hall–Kier alpha value is -1.84. The molecule has 0 spiro atoms. The van der Waals surface area contributed by atoms with E-state index in [1.54, 1.807) is 35.9 Å². The lowest BCUT2D eigenvalue weighted by atomic mass is 10.2. The van der Waals surface area contributed by atoms with Crippen LogP contribution in [-0.2, 0) is 0 Å². The van der Waals surface area contributed by atoms with Crippen LogP contribution in [0.1, 0.15) is 16.1 Å². The Balaban J connectivity index is 2.80. The number of rotatable bonds is 1. The average Bonchev–Trinajstić information content (AvgIpc) is 2.52. The maximum atomic E-state index is 10.8. The number of imidazole rings is 1. The van der Waals surface area contributed by atoms with Crippen molar-refractivity contribution in [2.75, 3.05) is 0 Å². The average molecular weight is 176 g/mol. The molecule has 0 fully saturated rings. The fourth-order valence-electron chi connectivity index (χ4n) is 1.36. The molecule has 2 rings (SSSR count). The van der Waals surface area contributed by atoms with E-state index in [9.17, 15) is 4.79 Å². The molecule has 0 aliphatic heterocycles. The van der Waals surface area contributed by atoms with Crippen LogP contribution in [0.3, 0.4) is 0 Å². The highest BCUT2D eigenvalue weighted by Crippen LogP contribution is 2.10. The van der Waals surface area contributed by atoms with Crippen LogP contribution in [-0.4, -0.2) is 20.5 Å². The van der Waals surface area contributed by atoms with Crippen LogP contribution in [0.5, 0.6) is 0 Å². The SMILES string of the molecule is Cc1c(C(=O)O)ccc2nccn12. The zero-order valence-corrected chi connectivity index (χ0v) is 7.06. The van der Waals surface area contributed by atoms with E-state index in [2.05, 4.69) is 4.98 Å². The van der Waals surface area contributed by atoms with Gasteiger partial charge in [-0.25, -0.2) is 9.78 Å². The lowest BCUT2D eigenvalue weighted by molar-refractivity contribution is 0.0695. The van der Waals surface area contributed by atoms with Crippen molar-refractivity contribution in [1.82, 2.24) is 9.38 Å². The molecule has 0 amide bonds. The number of aromatic carboxylic acids is 1. The number of aryl methyl sites for hydroxylation is 1. The van der Waals surface area contributed by atoms with Gasteiger partial charge in [-0.1, -0.05) is 0 Å². The Bertz CT molecular complexity index is 473. The monoisotopic (exact) mass is 176 g/mol. The minimum absolute atomic E-state index is 0.311. The molecule has 0 radical (unpaired) electrons. The molecule has 0 aliphatic rings. The molecule has 0 aromatic carbocycles. The van der Waals surface area contributed by atoms with Gasteiger partial charge in [-0.3, -0.25) is 0 Å². The number of hydrogen-bond acceptors (Lipinski definition) is 2. The van der Waals surface area contributed by atoms with Gasteiger partial charge < -0.3 is 9.51 Å². The van der Waals surface area contributed by atoms with Gasteiger partial charge in [0.05, 0.1) is 5.56 Å². The molecule has 0 unspecified atom stereocenters. The van der Waals surface area contributed by atoms with Crippen molar-refractivity contribution in [3.63, 3.8) is 0 Å². The summed E-state index contributed by atoms with van der Waals surface area (Å²) in [4.78, 5) is 14.8. The highest BCUT2D eigenvalue weighted by molar-refractivity contribution is 5.89. The molecule has 4 nitrogen and oxygen atoms in total. The number of fused-ring (bicyclic) bond motifs is 1. The quantitative estimate of drug-likeness (QED) is 0.713. The number of carboxylic acid groups (broad SMARTS) is 1. The summed E-state index contributed by atoms with van der Waals surface area (Å²) in [6.07, 6.45) is 3.39. The summed E-state index contributed by atoms with van der Waals surface area (Å²) >= 11 is 0. The molecule has 0 saturated carbocycles. The first-order chi connectivity index (χ1) is 6.20. The molecule has 0 saturated heterocycles. The van der Waals surface area contributed by atoms with E-state index in [0.717, 1.165) is 5.65 Å². The first-order valence-corrected chi connectivity index (χ1v) is 3.86. The zero-order chi connectivity index (χ0) is 9.42. The second-order valence-corrected chi connectivity index (χ2v) is 2.79. The summed E-state index contributed by atoms with van der Waals surface area (Å²) in [5.41, 5.74) is 1.77. The maximum absolute atomic E-state index is 10.8. The third-order valence-electron chi connectivity index (χ3n) is 2.05. The van der Waals surface area contributed by atoms with Crippen molar-refractivity contribution < 1.29 is 9.90 Å². The topological polar surface area (TPSA) is 54.6 Å². The molecule has 2 aromatic heterocycles. The number of pyridine rings is 1. The van der Waals surface area contributed by atoms with Crippen molar-refractivity contribution in [3.05, 3.63) is 35.8 Å². The molecule has 0 aliphatic carbocycles. The van der Waals surface area contributed by atoms with Gasteiger partial charge in [0.25, 0.3) is 0 Å². The summed E-state index contributed by atoms with van der Waals surface area (Å²) in [5, 5.41) is 8.83. The van der Waals surface area contributed by atoms with Gasteiger partial charge in [0.2, 0.25) is 0 Å². The number of carboxylic acids is 1. The van der Waals surface area contributed by atoms with Crippen molar-refractivity contribution >= 4 is 11.6 Å². The molecule has 1 N–H and O–H groups in total. The molecular weight excluding hydrogens is 168 g/mol. The number of carbonyl (C=O) groups is 1. The first-order valence-electron chi connectivity index (χ1n) is 3.86. The van der Waals surface area contributed by atoms with Crippen molar-refractivity contribution in [2.45, 2.75) is 6.92 Å². The Labute approximate surface area is 74.5 Å². The predicted molar refractivity (Wildman–Crippen MR) is 46.9 cm³/mol. The smallest absolute Gasteiger partial charge is 0.337 e. The van der Waals surface area contributed by atoms with E-state index >= 15 is 0 Å². The Morgan fingerprint density at radius 3 is 3.00 bits per heavy atom. The summed E-state index contributed by atoms with van der Waals surface area (Å²) < 4.78 is 1.75. The van der Waals surface area contributed by atoms with E-state index in [1.807, 2.05) is 0 Å². The minimum atomic E-state index is -0.909. The highest BCUT2D eigenvalue weighted by Gasteiger charge is 2.09. The van der Waals surface area contributed by atoms with E-state index in [4.69, 9.17) is 5.11 Å². The predicted octanol–water partition coefficient (Wildman–Crippen LogP) is 1.34. The number of aromatic nitrogens is 2. The minimum Gasteiger partial charge on any atom is -0.478 e. The van der Waals surface area contributed by atoms with E-state index in [1.165, 1.54) is 0 Å². The fraction of sp³-hybridized carbons (Fsp3) is 0.111. The van der Waals surface area contributed by atoms with E-state index in [0.29, 0.717) is 11.3 Å². The Morgan fingerprint density at radius 1 is 1.54 bits per heavy atom. The largest absolute Gasteiger partial charge is 0.478 e. The maximum Gasteiger partial charge on any atom is 0.337 e. The summed E-state index contributed by atoms with van der Waals surface area (Å²) in [5.74, 6) is -0.909. The van der Waals surface area contributed by atoms with Gasteiger partial charge >= 0.3 is 5.97 Å². The highest BCUT2D eigenvalue weighted by atomic mass is 16.4. The third-order valence-corrected chi connectivity index (χ3v) is 2.05. The van der Waals surface area contributed by atoms with E-state index < -0.39 is 5.97 Å². The van der Waals surface area contributed by atoms with Crippen LogP contribution in [0.25, 0.3) is 5.65 Å². The van der Waals surface area contributed by atoms with E-state index in [-0.39, 0.29) is 0 Å². The molecule has 66 valence electrons. The number of nitrogens with zero attached hydrogens (tertiary/aromatic N) is 2. The Morgan fingerprint density at radius 2 is 2.31 bits per heavy atom. The van der Waals surface area contributed by atoms with Crippen molar-refractivity contribution in [2.24, 2.45) is 0 Å². The molecule has 2 aromatic rings. The van der Waals surface area contributed by atoms with Crippen molar-refractivity contribution in [3.8, 4) is 0 Å². The Kier molecular flexibility index (Phi) is 1.55. The lowest BCUT2D eigenvalue weighted by Crippen LogP contribution is -2.03. The van der Waals surface area contributed by atoms with Gasteiger partial charge in [-0.15, -0.1) is 0 Å². The van der Waals surface area contributed by atoms with Crippen LogP contribution in [0.4, 0.5) is 0 Å². The summed E-state index contributed by atoms with van der Waals surface area (Å²) in [6.45, 7) is 1.76. The third kappa shape index (κ3) is 1.07. The molecular formula is C9H8N2O2. The second kappa shape index (κ2) is 2.58. The normalized spacial score (nSPS) is 10.5. The molecule has 2 heterocycles. The molecule has 4 heteroatoms. The summed E-state index contributed by atoms with van der Waals surface area (Å²) in [7, 11) is 0. The van der Waals surface area contributed by atoms with Crippen LogP contribution >= 0.6 is 0 Å². The molecule has 13 heavy (non-hydrogen) atoms. The number of hydrogen-bond donors (Lipinski definition) is 1. The standard InChI is InChI=1S/C9H8N2O2/c1-6-7(9(12)13)2-3-8-10-4-5-11(6)8/h2-5H,1H3,(H,12,13). The molecule has 0 atom stereocenters. The van der Waals surface area contributed by atoms with Gasteiger partial charge in [0.15, 0.2) is 0 Å². The van der Waals surface area contributed by atoms with Crippen molar-refractivity contribution in [1.29, 1.82) is 0 Å². The van der Waals surface area contributed by atoms with Gasteiger partial charge in [-0.05, 0) is 19.1 Å². The van der Waals surface area contributed by atoms with Gasteiger partial charge in [0.1, 0.15) is 5.65 Å². The summed E-state index contributed by atoms with van der Waals surface area (Å²) in [6, 6.07) is 3.26. The van der Waals surface area contributed by atoms with Crippen LogP contribution < -0.4 is 0 Å². The lowest BCUT2D eigenvalue weighted by Gasteiger charge is -2.02. The second-order valence-electron chi connectivity index (χ2n) is 2.79. The van der Waals surface area contributed by atoms with Gasteiger partial charge in [0, 0.05) is 18.1 Å². The zero-order valence-electron chi connectivity index (χ0n) is 7.06. The van der Waals surface area contributed by atoms with Crippen LogP contribution in [0.15, 0.2) is 24.5 Å². The van der Waals surface area contributed by atoms with Crippen LogP contribution in [0.2, 0.25) is 0 Å². The van der Waals surface area contributed by atoms with Crippen LogP contribution in [0, 0.1) is 6.92 Å². The fourth-order valence-corrected chi connectivity index (χ4v) is 1.36. The molecule has 0 bridgehead atoms. The van der Waals surface area contributed by atoms with Gasteiger partial charge in [-0.2, -0.15) is 0 Å².